The molecule has 2 aromatic rings. The number of nitrogens with zero attached hydrogens (tertiary/aromatic N) is 2. The van der Waals surface area contributed by atoms with Crippen molar-refractivity contribution in [2.24, 2.45) is 0 Å². The first-order valence-electron chi connectivity index (χ1n) is 6.39. The minimum Gasteiger partial charge on any atom is -0.485 e. The largest absolute Gasteiger partial charge is 0.485 e. The Morgan fingerprint density at radius 1 is 1.41 bits per heavy atom. The molecule has 0 atom stereocenters. The maximum absolute atomic E-state index is 13.0. The molecule has 9 heteroatoms. The van der Waals surface area contributed by atoms with Gasteiger partial charge in [0.05, 0.1) is 11.5 Å². The van der Waals surface area contributed by atoms with Gasteiger partial charge in [0.25, 0.3) is 5.89 Å². The first-order chi connectivity index (χ1) is 10.4. The third-order valence-corrected chi connectivity index (χ3v) is 5.13. The number of methoxy groups -OCH3 is 1. The van der Waals surface area contributed by atoms with Crippen LogP contribution in [0.1, 0.15) is 11.7 Å². The van der Waals surface area contributed by atoms with Crippen molar-refractivity contribution in [3.05, 3.63) is 41.8 Å². The molecule has 0 unspecified atom stereocenters. The molecule has 0 radical (unpaired) electrons. The summed E-state index contributed by atoms with van der Waals surface area (Å²) in [6, 6.07) is 5.65. The van der Waals surface area contributed by atoms with E-state index in [0.29, 0.717) is 5.75 Å². The number of halogens is 1. The Labute approximate surface area is 126 Å². The molecule has 0 spiro atoms. The van der Waals surface area contributed by atoms with Gasteiger partial charge in [-0.25, -0.2) is 12.8 Å². The van der Waals surface area contributed by atoms with Crippen LogP contribution in [0, 0.1) is 5.82 Å². The summed E-state index contributed by atoms with van der Waals surface area (Å²) in [6.07, 6.45) is 0. The minimum atomic E-state index is -3.13. The van der Waals surface area contributed by atoms with E-state index in [0.717, 1.165) is 0 Å². The fourth-order valence-corrected chi connectivity index (χ4v) is 4.02. The van der Waals surface area contributed by atoms with E-state index in [1.54, 1.807) is 6.07 Å². The number of rotatable bonds is 5. The summed E-state index contributed by atoms with van der Waals surface area (Å²) in [5, 5.41) is 3.72. The summed E-state index contributed by atoms with van der Waals surface area (Å²) in [5.74, 6) is -0.142. The molecule has 3 rings (SSSR count). The third-order valence-electron chi connectivity index (χ3n) is 3.32. The Kier molecular flexibility index (Phi) is 3.61. The minimum absolute atomic E-state index is 0.0283. The Hall–Kier alpha value is -2.00. The van der Waals surface area contributed by atoms with Gasteiger partial charge in [-0.05, 0) is 12.1 Å². The molecule has 0 saturated carbocycles. The maximum atomic E-state index is 13.0. The van der Waals surface area contributed by atoms with Crippen LogP contribution in [0.25, 0.3) is 0 Å². The van der Waals surface area contributed by atoms with Crippen LogP contribution in [-0.4, -0.2) is 37.2 Å². The Balaban J connectivity index is 1.69. The highest BCUT2D eigenvalue weighted by Gasteiger charge is 2.54. The summed E-state index contributed by atoms with van der Waals surface area (Å²) < 4.78 is 51.4. The normalized spacial score (nSPS) is 18.6. The van der Waals surface area contributed by atoms with Crippen LogP contribution >= 0.6 is 0 Å². The molecule has 0 N–H and O–H groups in total. The highest BCUT2D eigenvalue weighted by molar-refractivity contribution is 7.92. The lowest BCUT2D eigenvalue weighted by atomic mass is 10.1. The molecule has 1 aliphatic heterocycles. The molecule has 1 aliphatic rings. The molecule has 1 fully saturated rings. The molecule has 0 aliphatic carbocycles. The van der Waals surface area contributed by atoms with Gasteiger partial charge in [-0.2, -0.15) is 4.98 Å². The van der Waals surface area contributed by atoms with Gasteiger partial charge in [0, 0.05) is 13.2 Å². The highest BCUT2D eigenvalue weighted by atomic mass is 32.2. The van der Waals surface area contributed by atoms with Gasteiger partial charge < -0.3 is 14.0 Å². The summed E-state index contributed by atoms with van der Waals surface area (Å²) in [4.78, 5) is 4.09. The highest BCUT2D eigenvalue weighted by Crippen LogP contribution is 2.36. The van der Waals surface area contributed by atoms with Crippen molar-refractivity contribution in [1.29, 1.82) is 0 Å². The number of hydrogen-bond donors (Lipinski definition) is 0. The van der Waals surface area contributed by atoms with Crippen LogP contribution in [0.5, 0.6) is 5.75 Å². The number of sulfone groups is 1. The summed E-state index contributed by atoms with van der Waals surface area (Å²) in [7, 11) is -1.74. The molecule has 1 saturated heterocycles. The van der Waals surface area contributed by atoms with Crippen molar-refractivity contribution in [2.45, 2.75) is 12.2 Å². The predicted molar refractivity (Wildman–Crippen MR) is 72.4 cm³/mol. The second-order valence-corrected chi connectivity index (χ2v) is 7.06. The van der Waals surface area contributed by atoms with E-state index in [1.165, 1.54) is 25.3 Å². The van der Waals surface area contributed by atoms with E-state index in [1.807, 2.05) is 0 Å². The van der Waals surface area contributed by atoms with Crippen LogP contribution in [0.15, 0.2) is 28.8 Å². The van der Waals surface area contributed by atoms with Crippen LogP contribution in [0.2, 0.25) is 0 Å². The summed E-state index contributed by atoms with van der Waals surface area (Å²) in [6.45, 7) is -0.0283. The predicted octanol–water partition coefficient (Wildman–Crippen LogP) is 1.06. The van der Waals surface area contributed by atoms with Gasteiger partial charge in [0.2, 0.25) is 5.82 Å². The molecule has 1 aromatic heterocycles. The average molecular weight is 328 g/mol. The van der Waals surface area contributed by atoms with E-state index in [4.69, 9.17) is 14.0 Å². The smallest absolute Gasteiger partial charge is 0.261 e. The van der Waals surface area contributed by atoms with Crippen LogP contribution in [-0.2, 0) is 26.8 Å². The molecular weight excluding hydrogens is 315 g/mol. The van der Waals surface area contributed by atoms with E-state index in [-0.39, 0.29) is 29.8 Å². The van der Waals surface area contributed by atoms with Gasteiger partial charge in [-0.15, -0.1) is 0 Å². The van der Waals surface area contributed by atoms with Gasteiger partial charge in [0.15, 0.2) is 22.0 Å². The van der Waals surface area contributed by atoms with Crippen molar-refractivity contribution >= 4 is 9.84 Å². The number of hydrogen-bond acceptors (Lipinski definition) is 7. The van der Waals surface area contributed by atoms with Crippen LogP contribution < -0.4 is 4.74 Å². The quantitative estimate of drug-likeness (QED) is 0.810. The SMILES string of the molecule is COC1(c2nc(COc3cccc(F)c3)no2)CS(=O)(=O)C1. The zero-order valence-corrected chi connectivity index (χ0v) is 12.5. The van der Waals surface area contributed by atoms with Crippen LogP contribution in [0.4, 0.5) is 4.39 Å². The molecule has 7 nitrogen and oxygen atoms in total. The summed E-state index contributed by atoms with van der Waals surface area (Å²) >= 11 is 0. The van der Waals surface area contributed by atoms with Crippen molar-refractivity contribution in [3.63, 3.8) is 0 Å². The van der Waals surface area contributed by atoms with Crippen molar-refractivity contribution in [1.82, 2.24) is 10.1 Å². The van der Waals surface area contributed by atoms with Gasteiger partial charge >= 0.3 is 0 Å². The van der Waals surface area contributed by atoms with Crippen LogP contribution in [0.3, 0.4) is 0 Å². The van der Waals surface area contributed by atoms with E-state index in [9.17, 15) is 12.8 Å². The molecule has 0 bridgehead atoms. The number of benzene rings is 1. The number of aromatic nitrogens is 2. The maximum Gasteiger partial charge on any atom is 0.261 e. The third kappa shape index (κ3) is 2.81. The average Bonchev–Trinajstić information content (AvgIpc) is 2.91. The lowest BCUT2D eigenvalue weighted by Crippen LogP contribution is -2.53. The second-order valence-electron chi connectivity index (χ2n) is 4.99. The Bertz CT molecular complexity index is 777. The molecule has 118 valence electrons. The molecule has 2 heterocycles. The van der Waals surface area contributed by atoms with E-state index in [2.05, 4.69) is 10.1 Å². The van der Waals surface area contributed by atoms with E-state index < -0.39 is 21.3 Å². The number of ether oxygens (including phenoxy) is 2. The molecule has 1 aromatic carbocycles. The zero-order chi connectivity index (χ0) is 15.8. The van der Waals surface area contributed by atoms with Crippen molar-refractivity contribution in [2.75, 3.05) is 18.6 Å². The van der Waals surface area contributed by atoms with E-state index >= 15 is 0 Å². The van der Waals surface area contributed by atoms with Gasteiger partial charge in [-0.3, -0.25) is 0 Å². The fraction of sp³-hybridized carbons (Fsp3) is 0.385. The monoisotopic (exact) mass is 328 g/mol. The fourth-order valence-electron chi connectivity index (χ4n) is 2.20. The lowest BCUT2D eigenvalue weighted by Gasteiger charge is -2.35. The Morgan fingerprint density at radius 3 is 2.82 bits per heavy atom. The molecular formula is C13H13FN2O5S. The standard InChI is InChI=1S/C13H13FN2O5S/c1-19-13(7-22(17,18)8-13)12-15-11(16-21-12)6-20-10-4-2-3-9(14)5-10/h2-5H,6-8H2,1H3. The van der Waals surface area contributed by atoms with Gasteiger partial charge in [-0.1, -0.05) is 11.2 Å². The second kappa shape index (κ2) is 5.33. The first-order valence-corrected chi connectivity index (χ1v) is 8.22. The lowest BCUT2D eigenvalue weighted by molar-refractivity contribution is -0.0143. The van der Waals surface area contributed by atoms with Crippen molar-refractivity contribution in [3.8, 4) is 5.75 Å². The zero-order valence-electron chi connectivity index (χ0n) is 11.7. The summed E-state index contributed by atoms with van der Waals surface area (Å²) in [5.41, 5.74) is -1.08. The first kappa shape index (κ1) is 14.9. The Morgan fingerprint density at radius 2 is 2.18 bits per heavy atom. The topological polar surface area (TPSA) is 91.5 Å². The molecule has 22 heavy (non-hydrogen) atoms. The van der Waals surface area contributed by atoms with Crippen molar-refractivity contribution < 1.29 is 26.8 Å². The molecule has 0 amide bonds. The van der Waals surface area contributed by atoms with Gasteiger partial charge in [0.1, 0.15) is 11.6 Å².